The lowest BCUT2D eigenvalue weighted by molar-refractivity contribution is 0.775. The summed E-state index contributed by atoms with van der Waals surface area (Å²) in [7, 11) is 1.90. The number of hydrogen-bond donors (Lipinski definition) is 0. The van der Waals surface area contributed by atoms with Crippen LogP contribution in [0.2, 0.25) is 0 Å². The maximum atomic E-state index is 4.37. The number of fused-ring (bicyclic) bond motifs is 1. The molecular weight excluding hydrogens is 226 g/mol. The largest absolute Gasteiger partial charge is 0.356 e. The van der Waals surface area contributed by atoms with E-state index in [0.717, 1.165) is 36.4 Å². The Bertz CT molecular complexity index is 477. The molecule has 2 rings (SSSR count). The van der Waals surface area contributed by atoms with Gasteiger partial charge in [0, 0.05) is 20.1 Å². The highest BCUT2D eigenvalue weighted by molar-refractivity contribution is 5.86. The third-order valence-electron chi connectivity index (χ3n) is 2.68. The third-order valence-corrected chi connectivity index (χ3v) is 2.68. The fourth-order valence-corrected chi connectivity index (χ4v) is 1.89. The first-order valence-electron chi connectivity index (χ1n) is 6.65. The SMILES string of the molecule is CC.CCCN(CC)c1ncnc2c1cnn2C. The Hall–Kier alpha value is -1.65. The zero-order valence-corrected chi connectivity index (χ0v) is 12.0. The molecule has 5 heteroatoms. The normalized spacial score (nSPS) is 10.1. The molecule has 0 saturated carbocycles. The van der Waals surface area contributed by atoms with Crippen LogP contribution in [0.15, 0.2) is 12.5 Å². The van der Waals surface area contributed by atoms with Gasteiger partial charge in [-0.15, -0.1) is 0 Å². The van der Waals surface area contributed by atoms with Gasteiger partial charge in [-0.05, 0) is 13.3 Å². The van der Waals surface area contributed by atoms with Gasteiger partial charge >= 0.3 is 0 Å². The monoisotopic (exact) mass is 249 g/mol. The molecule has 2 heterocycles. The molecule has 0 bridgehead atoms. The number of aromatic nitrogens is 4. The maximum Gasteiger partial charge on any atom is 0.163 e. The summed E-state index contributed by atoms with van der Waals surface area (Å²) in [6, 6.07) is 0. The Morgan fingerprint density at radius 2 is 1.94 bits per heavy atom. The zero-order chi connectivity index (χ0) is 13.5. The summed E-state index contributed by atoms with van der Waals surface area (Å²) in [5.41, 5.74) is 0.888. The molecular formula is C13H23N5. The molecule has 0 radical (unpaired) electrons. The Balaban J connectivity index is 0.000000771. The van der Waals surface area contributed by atoms with Gasteiger partial charge in [-0.1, -0.05) is 20.8 Å². The van der Waals surface area contributed by atoms with Gasteiger partial charge in [-0.25, -0.2) is 9.97 Å². The lowest BCUT2D eigenvalue weighted by Gasteiger charge is -2.21. The van der Waals surface area contributed by atoms with Crippen molar-refractivity contribution in [1.82, 2.24) is 19.7 Å². The van der Waals surface area contributed by atoms with Crippen molar-refractivity contribution in [3.05, 3.63) is 12.5 Å². The van der Waals surface area contributed by atoms with Crippen molar-refractivity contribution < 1.29 is 0 Å². The average Bonchev–Trinajstić information content (AvgIpc) is 2.80. The molecule has 0 N–H and O–H groups in total. The van der Waals surface area contributed by atoms with E-state index in [1.165, 1.54) is 0 Å². The van der Waals surface area contributed by atoms with Gasteiger partial charge in [-0.3, -0.25) is 4.68 Å². The van der Waals surface area contributed by atoms with Crippen LogP contribution in [0.4, 0.5) is 5.82 Å². The topological polar surface area (TPSA) is 46.8 Å². The summed E-state index contributed by atoms with van der Waals surface area (Å²) in [6.07, 6.45) is 4.56. The van der Waals surface area contributed by atoms with Crippen LogP contribution in [0.5, 0.6) is 0 Å². The highest BCUT2D eigenvalue weighted by atomic mass is 15.3. The van der Waals surface area contributed by atoms with Gasteiger partial charge in [0.05, 0.1) is 11.6 Å². The van der Waals surface area contributed by atoms with Crippen molar-refractivity contribution >= 4 is 16.9 Å². The summed E-state index contributed by atoms with van der Waals surface area (Å²) in [4.78, 5) is 10.9. The van der Waals surface area contributed by atoms with E-state index < -0.39 is 0 Å². The molecule has 0 aromatic carbocycles. The molecule has 0 saturated heterocycles. The predicted molar refractivity (Wildman–Crippen MR) is 75.8 cm³/mol. The summed E-state index contributed by atoms with van der Waals surface area (Å²) >= 11 is 0. The van der Waals surface area contributed by atoms with Crippen LogP contribution in [0.3, 0.4) is 0 Å². The Morgan fingerprint density at radius 3 is 2.56 bits per heavy atom. The lowest BCUT2D eigenvalue weighted by atomic mass is 10.3. The molecule has 0 aliphatic heterocycles. The van der Waals surface area contributed by atoms with Crippen LogP contribution in [0.25, 0.3) is 11.0 Å². The Labute approximate surface area is 109 Å². The zero-order valence-electron chi connectivity index (χ0n) is 12.0. The molecule has 0 spiro atoms. The van der Waals surface area contributed by atoms with Crippen LogP contribution >= 0.6 is 0 Å². The Kier molecular flexibility index (Phi) is 5.55. The quantitative estimate of drug-likeness (QED) is 0.835. The summed E-state index contributed by atoms with van der Waals surface area (Å²) in [6.45, 7) is 10.3. The minimum absolute atomic E-state index is 0.888. The van der Waals surface area contributed by atoms with Gasteiger partial charge < -0.3 is 4.90 Å². The van der Waals surface area contributed by atoms with Crippen molar-refractivity contribution in [2.75, 3.05) is 18.0 Å². The van der Waals surface area contributed by atoms with Crippen molar-refractivity contribution in [1.29, 1.82) is 0 Å². The number of nitrogens with zero attached hydrogens (tertiary/aromatic N) is 5. The first-order chi connectivity index (χ1) is 8.77. The second-order valence-electron chi connectivity index (χ2n) is 3.78. The number of rotatable bonds is 4. The van der Waals surface area contributed by atoms with E-state index in [1.54, 1.807) is 11.0 Å². The molecule has 0 fully saturated rings. The number of aryl methyl sites for hydroxylation is 1. The summed E-state index contributed by atoms with van der Waals surface area (Å²) < 4.78 is 1.78. The Morgan fingerprint density at radius 1 is 1.22 bits per heavy atom. The van der Waals surface area contributed by atoms with E-state index >= 15 is 0 Å². The molecule has 100 valence electrons. The predicted octanol–water partition coefficient (Wildman–Crippen LogP) is 2.63. The fraction of sp³-hybridized carbons (Fsp3) is 0.615. The van der Waals surface area contributed by atoms with E-state index in [2.05, 4.69) is 33.8 Å². The van der Waals surface area contributed by atoms with Crippen LogP contribution in [-0.4, -0.2) is 32.8 Å². The third kappa shape index (κ3) is 2.78. The maximum absolute atomic E-state index is 4.37. The smallest absolute Gasteiger partial charge is 0.163 e. The second-order valence-corrected chi connectivity index (χ2v) is 3.78. The van der Waals surface area contributed by atoms with E-state index in [9.17, 15) is 0 Å². The van der Waals surface area contributed by atoms with E-state index in [0.29, 0.717) is 0 Å². The molecule has 0 atom stereocenters. The summed E-state index contributed by atoms with van der Waals surface area (Å²) in [5.74, 6) is 0.988. The van der Waals surface area contributed by atoms with Crippen LogP contribution in [0.1, 0.15) is 34.1 Å². The molecule has 0 unspecified atom stereocenters. The standard InChI is InChI=1S/C11H17N5.C2H6/c1-4-6-16(5-2)11-9-7-14-15(3)10(9)12-8-13-11;1-2/h7-8H,4-6H2,1-3H3;1-2H3. The van der Waals surface area contributed by atoms with Crippen LogP contribution < -0.4 is 4.90 Å². The first kappa shape index (κ1) is 14.4. The van der Waals surface area contributed by atoms with E-state index in [1.807, 2.05) is 27.1 Å². The highest BCUT2D eigenvalue weighted by Gasteiger charge is 2.12. The van der Waals surface area contributed by atoms with E-state index in [4.69, 9.17) is 0 Å². The summed E-state index contributed by atoms with van der Waals surface area (Å²) in [5, 5.41) is 5.25. The fourth-order valence-electron chi connectivity index (χ4n) is 1.89. The molecule has 2 aromatic heterocycles. The van der Waals surface area contributed by atoms with Crippen LogP contribution in [-0.2, 0) is 7.05 Å². The average molecular weight is 249 g/mol. The van der Waals surface area contributed by atoms with Gasteiger partial charge in [0.15, 0.2) is 5.65 Å². The van der Waals surface area contributed by atoms with Crippen molar-refractivity contribution in [2.45, 2.75) is 34.1 Å². The van der Waals surface area contributed by atoms with Gasteiger partial charge in [0.25, 0.3) is 0 Å². The molecule has 0 amide bonds. The number of anilines is 1. The molecule has 18 heavy (non-hydrogen) atoms. The molecule has 2 aromatic rings. The van der Waals surface area contributed by atoms with Crippen LogP contribution in [0, 0.1) is 0 Å². The van der Waals surface area contributed by atoms with Gasteiger partial charge in [-0.2, -0.15) is 5.10 Å². The first-order valence-corrected chi connectivity index (χ1v) is 6.65. The minimum atomic E-state index is 0.888. The van der Waals surface area contributed by atoms with Gasteiger partial charge in [0.2, 0.25) is 0 Å². The van der Waals surface area contributed by atoms with Crippen molar-refractivity contribution in [3.8, 4) is 0 Å². The van der Waals surface area contributed by atoms with Gasteiger partial charge in [0.1, 0.15) is 12.1 Å². The number of hydrogen-bond acceptors (Lipinski definition) is 4. The minimum Gasteiger partial charge on any atom is -0.356 e. The highest BCUT2D eigenvalue weighted by Crippen LogP contribution is 2.21. The van der Waals surface area contributed by atoms with Crippen molar-refractivity contribution in [3.63, 3.8) is 0 Å². The van der Waals surface area contributed by atoms with Crippen molar-refractivity contribution in [2.24, 2.45) is 7.05 Å². The second kappa shape index (κ2) is 6.93. The lowest BCUT2D eigenvalue weighted by Crippen LogP contribution is -2.24. The molecule has 0 aliphatic carbocycles. The molecule has 5 nitrogen and oxygen atoms in total. The van der Waals surface area contributed by atoms with E-state index in [-0.39, 0.29) is 0 Å². The molecule has 0 aliphatic rings.